The average Bonchev–Trinajstić information content (AvgIpc) is 3.37. The third kappa shape index (κ3) is 5.96. The minimum absolute atomic E-state index is 0.0152. The number of benzene rings is 3. The summed E-state index contributed by atoms with van der Waals surface area (Å²) in [4.78, 5) is 38.5. The van der Waals surface area contributed by atoms with E-state index in [1.54, 1.807) is 24.3 Å². The van der Waals surface area contributed by atoms with Gasteiger partial charge in [-0.25, -0.2) is 9.07 Å². The minimum Gasteiger partial charge on any atom is -0.489 e. The van der Waals surface area contributed by atoms with Crippen molar-refractivity contribution in [3.8, 4) is 5.75 Å². The Kier molecular flexibility index (Phi) is 7.57. The van der Waals surface area contributed by atoms with Crippen LogP contribution < -0.4 is 10.3 Å². The molecule has 1 N–H and O–H groups in total. The van der Waals surface area contributed by atoms with Crippen molar-refractivity contribution in [1.82, 2.24) is 15.0 Å². The van der Waals surface area contributed by atoms with E-state index in [-0.39, 0.29) is 42.1 Å². The molecule has 1 saturated carbocycles. The number of rotatable bonds is 8. The maximum Gasteiger partial charge on any atom is 0.416 e. The van der Waals surface area contributed by atoms with Crippen LogP contribution >= 0.6 is 0 Å². The van der Waals surface area contributed by atoms with E-state index in [4.69, 9.17) is 4.74 Å². The van der Waals surface area contributed by atoms with E-state index in [0.717, 1.165) is 22.4 Å². The van der Waals surface area contributed by atoms with Crippen LogP contribution in [-0.2, 0) is 24.1 Å². The molecule has 3 aromatic carbocycles. The summed E-state index contributed by atoms with van der Waals surface area (Å²) in [6.45, 7) is -0.0254. The van der Waals surface area contributed by atoms with Crippen molar-refractivity contribution in [3.63, 3.8) is 0 Å². The second kappa shape index (κ2) is 11.1. The molecular weight excluding hydrogens is 546 g/mol. The molecule has 0 amide bonds. The second-order valence-corrected chi connectivity index (χ2v) is 9.92. The Hall–Kier alpha value is -4.61. The number of ether oxygens (including phenoxy) is 1. The maximum atomic E-state index is 13.3. The van der Waals surface area contributed by atoms with Gasteiger partial charge in [0, 0.05) is 11.5 Å². The third-order valence-electron chi connectivity index (χ3n) is 7.33. The number of hydrogen-bond donors (Lipinski definition) is 1. The summed E-state index contributed by atoms with van der Waals surface area (Å²) >= 11 is 0. The fraction of sp³-hybridized carbons (Fsp3) is 0.276. The first kappa shape index (κ1) is 27.9. The van der Waals surface area contributed by atoms with Crippen molar-refractivity contribution >= 4 is 22.7 Å². The van der Waals surface area contributed by atoms with E-state index >= 15 is 0 Å². The molecule has 1 fully saturated rings. The highest BCUT2D eigenvalue weighted by molar-refractivity contribution is 6.00. The molecule has 0 radical (unpaired) electrons. The predicted molar refractivity (Wildman–Crippen MR) is 138 cm³/mol. The fourth-order valence-corrected chi connectivity index (χ4v) is 5.23. The van der Waals surface area contributed by atoms with Crippen molar-refractivity contribution in [1.29, 1.82) is 0 Å². The summed E-state index contributed by atoms with van der Waals surface area (Å²) in [6.07, 6.45) is -4.12. The Morgan fingerprint density at radius 3 is 2.37 bits per heavy atom. The highest BCUT2D eigenvalue weighted by Crippen LogP contribution is 2.40. The lowest BCUT2D eigenvalue weighted by molar-refractivity contribution is -0.144. The molecule has 1 heterocycles. The molecule has 8 nitrogen and oxygen atoms in total. The van der Waals surface area contributed by atoms with Crippen molar-refractivity contribution < 1.29 is 37.0 Å². The van der Waals surface area contributed by atoms with Gasteiger partial charge < -0.3 is 9.84 Å². The van der Waals surface area contributed by atoms with Gasteiger partial charge in [0.15, 0.2) is 5.78 Å². The van der Waals surface area contributed by atoms with Crippen molar-refractivity contribution in [2.75, 3.05) is 0 Å². The van der Waals surface area contributed by atoms with Crippen LogP contribution in [0, 0.1) is 23.6 Å². The number of aromatic nitrogens is 3. The van der Waals surface area contributed by atoms with Gasteiger partial charge in [-0.2, -0.15) is 13.2 Å². The van der Waals surface area contributed by atoms with E-state index in [1.165, 1.54) is 24.3 Å². The van der Waals surface area contributed by atoms with Gasteiger partial charge in [-0.1, -0.05) is 17.3 Å². The van der Waals surface area contributed by atoms with Crippen molar-refractivity contribution in [3.05, 3.63) is 99.6 Å². The average molecular weight is 570 g/mol. The van der Waals surface area contributed by atoms with Crippen LogP contribution in [0.3, 0.4) is 0 Å². The standard InChI is InChI=1S/C29H23F4N3O5/c30-20-7-1-16(2-8-20)15-41-21-9-3-17(4-10-21)26(37)22-11-5-18(25(22)28(39)40)14-36-27(38)23-13-19(29(31,32)33)6-12-24(23)34-35-36/h1-4,6-10,12-13,18,22,25H,5,11,14-15H2,(H,39,40)/t18-,22-,25-/m0/s1. The number of Topliss-reactive ketones (excluding diaryl/α,β-unsaturated/α-hetero) is 1. The zero-order valence-electron chi connectivity index (χ0n) is 21.3. The van der Waals surface area contributed by atoms with Gasteiger partial charge in [0.1, 0.15) is 23.7 Å². The van der Waals surface area contributed by atoms with Gasteiger partial charge in [0.2, 0.25) is 0 Å². The molecule has 41 heavy (non-hydrogen) atoms. The number of carbonyl (C=O) groups excluding carboxylic acids is 1. The number of fused-ring (bicyclic) bond motifs is 1. The lowest BCUT2D eigenvalue weighted by Gasteiger charge is -2.20. The molecule has 0 saturated heterocycles. The number of aliphatic carboxylic acids is 1. The fourth-order valence-electron chi connectivity index (χ4n) is 5.23. The van der Waals surface area contributed by atoms with Gasteiger partial charge in [-0.15, -0.1) is 5.10 Å². The van der Waals surface area contributed by atoms with E-state index in [2.05, 4.69) is 10.3 Å². The lowest BCUT2D eigenvalue weighted by Crippen LogP contribution is -2.34. The maximum absolute atomic E-state index is 13.3. The first-order valence-corrected chi connectivity index (χ1v) is 12.7. The molecule has 12 heteroatoms. The minimum atomic E-state index is -4.66. The van der Waals surface area contributed by atoms with Crippen LogP contribution in [-0.4, -0.2) is 31.9 Å². The highest BCUT2D eigenvalue weighted by Gasteiger charge is 2.45. The molecule has 0 unspecified atom stereocenters. The number of carboxylic acid groups (broad SMARTS) is 1. The molecule has 4 aromatic rings. The van der Waals surface area contributed by atoms with Gasteiger partial charge in [-0.3, -0.25) is 14.4 Å². The molecule has 0 bridgehead atoms. The molecule has 5 rings (SSSR count). The van der Waals surface area contributed by atoms with Crippen molar-refractivity contribution in [2.24, 2.45) is 17.8 Å². The summed E-state index contributed by atoms with van der Waals surface area (Å²) in [5.41, 5.74) is -0.805. The Balaban J connectivity index is 1.30. The summed E-state index contributed by atoms with van der Waals surface area (Å²) in [5.74, 6) is -4.17. The first-order valence-electron chi connectivity index (χ1n) is 12.7. The third-order valence-corrected chi connectivity index (χ3v) is 7.33. The molecule has 0 aliphatic heterocycles. The van der Waals surface area contributed by atoms with Crippen LogP contribution in [0.2, 0.25) is 0 Å². The summed E-state index contributed by atoms with van der Waals surface area (Å²) in [5, 5.41) is 17.3. The molecule has 212 valence electrons. The predicted octanol–water partition coefficient (Wildman–Crippen LogP) is 5.14. The monoisotopic (exact) mass is 569 g/mol. The molecule has 3 atom stereocenters. The van der Waals surface area contributed by atoms with Crippen LogP contribution in [0.15, 0.2) is 71.5 Å². The van der Waals surface area contributed by atoms with Crippen LogP contribution in [0.4, 0.5) is 17.6 Å². The zero-order chi connectivity index (χ0) is 29.3. The van der Waals surface area contributed by atoms with Gasteiger partial charge in [-0.05, 0) is 78.9 Å². The van der Waals surface area contributed by atoms with Crippen molar-refractivity contribution in [2.45, 2.75) is 32.2 Å². The van der Waals surface area contributed by atoms with Crippen LogP contribution in [0.25, 0.3) is 10.9 Å². The summed E-state index contributed by atoms with van der Waals surface area (Å²) in [6, 6.07) is 14.6. The topological polar surface area (TPSA) is 111 Å². The Morgan fingerprint density at radius 1 is 1.00 bits per heavy atom. The summed E-state index contributed by atoms with van der Waals surface area (Å²) in [7, 11) is 0. The Labute approximate surface area is 230 Å². The highest BCUT2D eigenvalue weighted by atomic mass is 19.4. The SMILES string of the molecule is O=C(O)[C@H]1[C@H](Cn2nnc3ccc(C(F)(F)F)cc3c2=O)CC[C@@H]1C(=O)c1ccc(OCc2ccc(F)cc2)cc1. The smallest absolute Gasteiger partial charge is 0.416 e. The van der Waals surface area contributed by atoms with Crippen LogP contribution in [0.1, 0.15) is 34.3 Å². The van der Waals surface area contributed by atoms with Gasteiger partial charge in [0.05, 0.1) is 23.4 Å². The van der Waals surface area contributed by atoms with E-state index in [0.29, 0.717) is 23.8 Å². The first-order chi connectivity index (χ1) is 19.5. The number of carboxylic acids is 1. The summed E-state index contributed by atoms with van der Waals surface area (Å²) < 4.78 is 59.1. The number of alkyl halides is 3. The zero-order valence-corrected chi connectivity index (χ0v) is 21.3. The molecule has 1 aromatic heterocycles. The van der Waals surface area contributed by atoms with E-state index in [1.807, 2.05) is 0 Å². The molecular formula is C29H23F4N3O5. The molecule has 1 aliphatic rings. The van der Waals surface area contributed by atoms with E-state index in [9.17, 15) is 37.1 Å². The quantitative estimate of drug-likeness (QED) is 0.231. The van der Waals surface area contributed by atoms with Gasteiger partial charge >= 0.3 is 12.1 Å². The second-order valence-electron chi connectivity index (χ2n) is 9.92. The van der Waals surface area contributed by atoms with Gasteiger partial charge in [0.25, 0.3) is 5.56 Å². The number of carbonyl (C=O) groups is 2. The van der Waals surface area contributed by atoms with E-state index < -0.39 is 41.0 Å². The molecule has 1 aliphatic carbocycles. The number of nitrogens with zero attached hydrogens (tertiary/aromatic N) is 3. The number of halogens is 4. The lowest BCUT2D eigenvalue weighted by atomic mass is 9.84. The number of hydrogen-bond acceptors (Lipinski definition) is 6. The Bertz CT molecular complexity index is 1650. The molecule has 0 spiro atoms. The Morgan fingerprint density at radius 2 is 1.71 bits per heavy atom. The number of ketones is 1. The normalized spacial score (nSPS) is 18.9. The van der Waals surface area contributed by atoms with Crippen LogP contribution in [0.5, 0.6) is 5.75 Å². The largest absolute Gasteiger partial charge is 0.489 e.